The molecule has 0 aromatic heterocycles. The number of hydrogen-bond acceptors (Lipinski definition) is 2. The van der Waals surface area contributed by atoms with Crippen LogP contribution in [0, 0.1) is 3.57 Å². The molecule has 0 fully saturated rings. The van der Waals surface area contributed by atoms with Crippen LogP contribution in [0.1, 0.15) is 6.92 Å². The molecule has 1 atom stereocenters. The number of rotatable bonds is 4. The van der Waals surface area contributed by atoms with Crippen LogP contribution in [0.5, 0.6) is 5.75 Å². The Bertz CT molecular complexity index is 601. The molecular weight excluding hydrogens is 389 g/mol. The molecule has 0 heterocycles. The van der Waals surface area contributed by atoms with E-state index < -0.39 is 6.10 Å². The topological polar surface area (TPSA) is 38.3 Å². The number of hydrogen-bond donors (Lipinski definition) is 1. The molecule has 0 aliphatic carbocycles. The van der Waals surface area contributed by atoms with E-state index >= 15 is 0 Å². The maximum atomic E-state index is 12.0. The van der Waals surface area contributed by atoms with Crippen LogP contribution in [-0.2, 0) is 4.79 Å². The van der Waals surface area contributed by atoms with Gasteiger partial charge in [-0.15, -0.1) is 0 Å². The Morgan fingerprint density at radius 2 is 1.95 bits per heavy atom. The van der Waals surface area contributed by atoms with E-state index in [1.165, 1.54) is 0 Å². The summed E-state index contributed by atoms with van der Waals surface area (Å²) in [6.07, 6.45) is -0.604. The minimum absolute atomic E-state index is 0.203. The van der Waals surface area contributed by atoms with Gasteiger partial charge in [0.05, 0.1) is 0 Å². The molecule has 2 aromatic carbocycles. The second-order valence-corrected chi connectivity index (χ2v) is 5.90. The van der Waals surface area contributed by atoms with E-state index in [9.17, 15) is 4.79 Å². The van der Waals surface area contributed by atoms with Crippen molar-refractivity contribution in [3.8, 4) is 5.75 Å². The molecular formula is C15H13ClINO2. The first-order chi connectivity index (χ1) is 9.54. The molecule has 1 N–H and O–H groups in total. The molecule has 1 amide bonds. The first kappa shape index (κ1) is 15.1. The summed E-state index contributed by atoms with van der Waals surface area (Å²) in [7, 11) is 0. The Morgan fingerprint density at radius 1 is 1.25 bits per heavy atom. The lowest BCUT2D eigenvalue weighted by molar-refractivity contribution is -0.122. The van der Waals surface area contributed by atoms with Crippen molar-refractivity contribution >= 4 is 45.8 Å². The zero-order valence-corrected chi connectivity index (χ0v) is 13.7. The molecule has 0 spiro atoms. The van der Waals surface area contributed by atoms with Crippen molar-refractivity contribution in [1.82, 2.24) is 0 Å². The van der Waals surface area contributed by atoms with Crippen molar-refractivity contribution in [2.24, 2.45) is 0 Å². The highest BCUT2D eigenvalue weighted by atomic mass is 127. The van der Waals surface area contributed by atoms with Crippen LogP contribution >= 0.6 is 34.2 Å². The highest BCUT2D eigenvalue weighted by molar-refractivity contribution is 14.1. The molecule has 20 heavy (non-hydrogen) atoms. The smallest absolute Gasteiger partial charge is 0.265 e. The van der Waals surface area contributed by atoms with Crippen molar-refractivity contribution in [1.29, 1.82) is 0 Å². The molecule has 0 saturated carbocycles. The zero-order valence-electron chi connectivity index (χ0n) is 10.8. The minimum atomic E-state index is -0.604. The standard InChI is InChI=1S/C15H13ClINO2/c1-10(20-14-4-2-3-11(16)9-14)15(19)18-13-7-5-12(17)6-8-13/h2-10H,1H3,(H,18,19). The zero-order chi connectivity index (χ0) is 14.5. The van der Waals surface area contributed by atoms with Crippen LogP contribution in [0.2, 0.25) is 5.02 Å². The lowest BCUT2D eigenvalue weighted by Crippen LogP contribution is -2.30. The lowest BCUT2D eigenvalue weighted by Gasteiger charge is -2.15. The molecule has 0 radical (unpaired) electrons. The Balaban J connectivity index is 1.96. The van der Waals surface area contributed by atoms with Gasteiger partial charge in [-0.05, 0) is 72.0 Å². The number of nitrogens with one attached hydrogen (secondary N) is 1. The normalized spacial score (nSPS) is 11.8. The van der Waals surface area contributed by atoms with Crippen molar-refractivity contribution in [2.45, 2.75) is 13.0 Å². The van der Waals surface area contributed by atoms with Gasteiger partial charge in [-0.3, -0.25) is 4.79 Å². The third kappa shape index (κ3) is 4.38. The summed E-state index contributed by atoms with van der Waals surface area (Å²) in [5, 5.41) is 3.38. The van der Waals surface area contributed by atoms with Gasteiger partial charge < -0.3 is 10.1 Å². The number of benzene rings is 2. The largest absolute Gasteiger partial charge is 0.481 e. The molecule has 104 valence electrons. The fraction of sp³-hybridized carbons (Fsp3) is 0.133. The predicted molar refractivity (Wildman–Crippen MR) is 89.3 cm³/mol. The number of anilines is 1. The van der Waals surface area contributed by atoms with Gasteiger partial charge in [-0.1, -0.05) is 17.7 Å². The molecule has 3 nitrogen and oxygen atoms in total. The van der Waals surface area contributed by atoms with E-state index in [-0.39, 0.29) is 5.91 Å². The monoisotopic (exact) mass is 401 g/mol. The molecule has 2 rings (SSSR count). The van der Waals surface area contributed by atoms with Crippen LogP contribution in [0.3, 0.4) is 0 Å². The van der Waals surface area contributed by atoms with E-state index in [1.807, 2.05) is 24.3 Å². The summed E-state index contributed by atoms with van der Waals surface area (Å²) < 4.78 is 6.67. The van der Waals surface area contributed by atoms with Crippen molar-refractivity contribution < 1.29 is 9.53 Å². The number of amides is 1. The first-order valence-electron chi connectivity index (χ1n) is 6.03. The van der Waals surface area contributed by atoms with E-state index in [1.54, 1.807) is 31.2 Å². The summed E-state index contributed by atoms with van der Waals surface area (Å²) in [6, 6.07) is 14.5. The van der Waals surface area contributed by atoms with Crippen molar-refractivity contribution in [3.63, 3.8) is 0 Å². The molecule has 2 aromatic rings. The summed E-state index contributed by atoms with van der Waals surface area (Å²) in [5.74, 6) is 0.369. The van der Waals surface area contributed by atoms with Gasteiger partial charge in [0.2, 0.25) is 0 Å². The fourth-order valence-electron chi connectivity index (χ4n) is 1.58. The maximum absolute atomic E-state index is 12.0. The summed E-state index contributed by atoms with van der Waals surface area (Å²) in [6.45, 7) is 1.70. The van der Waals surface area contributed by atoms with Crippen LogP contribution < -0.4 is 10.1 Å². The van der Waals surface area contributed by atoms with Crippen LogP contribution in [0.25, 0.3) is 0 Å². The van der Waals surface area contributed by atoms with Gasteiger partial charge in [-0.25, -0.2) is 0 Å². The van der Waals surface area contributed by atoms with E-state index in [0.717, 1.165) is 9.26 Å². The molecule has 0 aliphatic rings. The van der Waals surface area contributed by atoms with Crippen molar-refractivity contribution in [2.75, 3.05) is 5.32 Å². The molecule has 0 aliphatic heterocycles. The van der Waals surface area contributed by atoms with Gasteiger partial charge in [-0.2, -0.15) is 0 Å². The second-order valence-electron chi connectivity index (χ2n) is 4.21. The van der Waals surface area contributed by atoms with Crippen LogP contribution in [0.15, 0.2) is 48.5 Å². The number of carbonyl (C=O) groups is 1. The van der Waals surface area contributed by atoms with Gasteiger partial charge >= 0.3 is 0 Å². The first-order valence-corrected chi connectivity index (χ1v) is 7.49. The van der Waals surface area contributed by atoms with Gasteiger partial charge in [0, 0.05) is 14.3 Å². The Hall–Kier alpha value is -1.27. The molecule has 5 heteroatoms. The number of carbonyl (C=O) groups excluding carboxylic acids is 1. The van der Waals surface area contributed by atoms with Gasteiger partial charge in [0.15, 0.2) is 6.10 Å². The average Bonchev–Trinajstić information content (AvgIpc) is 2.41. The quantitative estimate of drug-likeness (QED) is 0.774. The van der Waals surface area contributed by atoms with E-state index in [4.69, 9.17) is 16.3 Å². The third-order valence-corrected chi connectivity index (χ3v) is 3.54. The van der Waals surface area contributed by atoms with Gasteiger partial charge in [0.25, 0.3) is 5.91 Å². The predicted octanol–water partition coefficient (Wildman–Crippen LogP) is 4.35. The van der Waals surface area contributed by atoms with E-state index in [0.29, 0.717) is 10.8 Å². The Labute approximate surface area is 136 Å². The summed E-state index contributed by atoms with van der Waals surface area (Å²) in [5.41, 5.74) is 0.747. The summed E-state index contributed by atoms with van der Waals surface area (Å²) in [4.78, 5) is 12.0. The van der Waals surface area contributed by atoms with E-state index in [2.05, 4.69) is 27.9 Å². The Kier molecular flexibility index (Phi) is 5.25. The number of ether oxygens (including phenoxy) is 1. The SMILES string of the molecule is CC(Oc1cccc(Cl)c1)C(=O)Nc1ccc(I)cc1. The van der Waals surface area contributed by atoms with Gasteiger partial charge in [0.1, 0.15) is 5.75 Å². The second kappa shape index (κ2) is 6.95. The maximum Gasteiger partial charge on any atom is 0.265 e. The number of halogens is 2. The summed E-state index contributed by atoms with van der Waals surface area (Å²) >= 11 is 8.08. The Morgan fingerprint density at radius 3 is 2.60 bits per heavy atom. The average molecular weight is 402 g/mol. The van der Waals surface area contributed by atoms with Crippen molar-refractivity contribution in [3.05, 3.63) is 57.1 Å². The highest BCUT2D eigenvalue weighted by Crippen LogP contribution is 2.19. The highest BCUT2D eigenvalue weighted by Gasteiger charge is 2.14. The van der Waals surface area contributed by atoms with Crippen LogP contribution in [0.4, 0.5) is 5.69 Å². The van der Waals surface area contributed by atoms with Crippen LogP contribution in [-0.4, -0.2) is 12.0 Å². The molecule has 1 unspecified atom stereocenters. The third-order valence-electron chi connectivity index (χ3n) is 2.59. The fourth-order valence-corrected chi connectivity index (χ4v) is 2.11. The molecule has 0 saturated heterocycles. The molecule has 0 bridgehead atoms. The minimum Gasteiger partial charge on any atom is -0.481 e. The lowest BCUT2D eigenvalue weighted by atomic mass is 10.3.